The molecule has 0 radical (unpaired) electrons. The van der Waals surface area contributed by atoms with Crippen LogP contribution in [0.5, 0.6) is 5.75 Å². The molecule has 2 rings (SSSR count). The van der Waals surface area contributed by atoms with E-state index in [9.17, 15) is 18.0 Å². The van der Waals surface area contributed by atoms with Gasteiger partial charge in [-0.2, -0.15) is 0 Å². The van der Waals surface area contributed by atoms with E-state index in [1.165, 1.54) is 12.1 Å². The van der Waals surface area contributed by atoms with Crippen LogP contribution in [0.1, 0.15) is 38.2 Å². The standard InChI is InChI=1S/C19H27F3N4O2.HI/c1-14-7-5-6-12-26(14)17(27)10-11-24-18(23-2)25-13-15-8-3-4-9-16(15)28-19(20,21)22;/h3-4,8-9,14H,5-7,10-13H2,1-2H3,(H2,23,24,25);1H. The smallest absolute Gasteiger partial charge is 0.405 e. The number of para-hydroxylation sites is 1. The van der Waals surface area contributed by atoms with Gasteiger partial charge in [0.1, 0.15) is 5.75 Å². The van der Waals surface area contributed by atoms with E-state index in [2.05, 4.69) is 27.3 Å². The molecule has 1 fully saturated rings. The van der Waals surface area contributed by atoms with Gasteiger partial charge in [0.25, 0.3) is 0 Å². The number of ether oxygens (including phenoxy) is 1. The van der Waals surface area contributed by atoms with Crippen LogP contribution in [0.15, 0.2) is 29.3 Å². The number of piperidine rings is 1. The molecule has 6 nitrogen and oxygen atoms in total. The monoisotopic (exact) mass is 528 g/mol. The highest BCUT2D eigenvalue weighted by Crippen LogP contribution is 2.26. The Bertz CT molecular complexity index is 686. The van der Waals surface area contributed by atoms with Crippen molar-refractivity contribution in [2.24, 2.45) is 4.99 Å². The molecule has 1 aromatic rings. The minimum atomic E-state index is -4.75. The summed E-state index contributed by atoms with van der Waals surface area (Å²) in [5.74, 6) is 0.243. The number of carbonyl (C=O) groups is 1. The second kappa shape index (κ2) is 12.1. The Balaban J connectivity index is 0.00000420. The average molecular weight is 528 g/mol. The zero-order valence-corrected chi connectivity index (χ0v) is 18.9. The number of likely N-dealkylation sites (tertiary alicyclic amines) is 1. The molecule has 1 heterocycles. The maximum absolute atomic E-state index is 12.5. The molecule has 1 atom stereocenters. The highest BCUT2D eigenvalue weighted by Gasteiger charge is 2.32. The summed E-state index contributed by atoms with van der Waals surface area (Å²) in [6.45, 7) is 3.35. The molecule has 10 heteroatoms. The Hall–Kier alpha value is -1.72. The number of rotatable bonds is 6. The lowest BCUT2D eigenvalue weighted by Crippen LogP contribution is -2.44. The fraction of sp³-hybridized carbons (Fsp3) is 0.579. The van der Waals surface area contributed by atoms with Crippen molar-refractivity contribution in [3.63, 3.8) is 0 Å². The summed E-state index contributed by atoms with van der Waals surface area (Å²) in [5.41, 5.74) is 0.348. The van der Waals surface area contributed by atoms with E-state index < -0.39 is 6.36 Å². The molecule has 29 heavy (non-hydrogen) atoms. The summed E-state index contributed by atoms with van der Waals surface area (Å²) in [4.78, 5) is 18.3. The second-order valence-electron chi connectivity index (χ2n) is 6.69. The Morgan fingerprint density at radius 2 is 2.00 bits per heavy atom. The second-order valence-corrected chi connectivity index (χ2v) is 6.69. The third-order valence-corrected chi connectivity index (χ3v) is 4.62. The average Bonchev–Trinajstić information content (AvgIpc) is 2.64. The summed E-state index contributed by atoms with van der Waals surface area (Å²) in [6.07, 6.45) is -1.20. The number of carbonyl (C=O) groups excluding carboxylic acids is 1. The molecule has 1 aliphatic rings. The normalized spacial score (nSPS) is 17.3. The van der Waals surface area contributed by atoms with Crippen molar-refractivity contribution in [3.8, 4) is 5.75 Å². The molecule has 2 N–H and O–H groups in total. The number of benzene rings is 1. The van der Waals surface area contributed by atoms with Gasteiger partial charge in [0.15, 0.2) is 5.96 Å². The quantitative estimate of drug-likeness (QED) is 0.336. The van der Waals surface area contributed by atoms with Crippen molar-refractivity contribution >= 4 is 35.8 Å². The number of hydrogen-bond acceptors (Lipinski definition) is 3. The SMILES string of the molecule is CN=C(NCCC(=O)N1CCCCC1C)NCc1ccccc1OC(F)(F)F.I. The first-order valence-corrected chi connectivity index (χ1v) is 9.38. The number of halogens is 4. The summed E-state index contributed by atoms with van der Waals surface area (Å²) in [7, 11) is 1.56. The van der Waals surface area contributed by atoms with E-state index in [4.69, 9.17) is 0 Å². The van der Waals surface area contributed by atoms with E-state index in [-0.39, 0.29) is 48.2 Å². The van der Waals surface area contributed by atoms with Crippen LogP contribution in [0.4, 0.5) is 13.2 Å². The maximum Gasteiger partial charge on any atom is 0.573 e. The van der Waals surface area contributed by atoms with Crippen LogP contribution < -0.4 is 15.4 Å². The van der Waals surface area contributed by atoms with Gasteiger partial charge < -0.3 is 20.3 Å². The number of aliphatic imine (C=N–C) groups is 1. The van der Waals surface area contributed by atoms with E-state index in [0.717, 1.165) is 25.8 Å². The van der Waals surface area contributed by atoms with Gasteiger partial charge in [-0.3, -0.25) is 9.79 Å². The summed E-state index contributed by atoms with van der Waals surface area (Å²) < 4.78 is 41.5. The summed E-state index contributed by atoms with van der Waals surface area (Å²) in [5, 5.41) is 5.96. The molecule has 1 saturated heterocycles. The molecular formula is C19H28F3IN4O2. The first kappa shape index (κ1) is 25.3. The van der Waals surface area contributed by atoms with E-state index in [1.807, 2.05) is 4.90 Å². The van der Waals surface area contributed by atoms with Crippen LogP contribution >= 0.6 is 24.0 Å². The zero-order chi connectivity index (χ0) is 20.6. The van der Waals surface area contributed by atoms with Crippen molar-refractivity contribution in [1.82, 2.24) is 15.5 Å². The highest BCUT2D eigenvalue weighted by atomic mass is 127. The molecule has 0 bridgehead atoms. The third kappa shape index (κ3) is 8.67. The largest absolute Gasteiger partial charge is 0.573 e. The van der Waals surface area contributed by atoms with Crippen molar-refractivity contribution in [1.29, 1.82) is 0 Å². The molecule has 1 amide bonds. The van der Waals surface area contributed by atoms with Gasteiger partial charge in [-0.1, -0.05) is 18.2 Å². The van der Waals surface area contributed by atoms with Gasteiger partial charge in [-0.15, -0.1) is 37.1 Å². The summed E-state index contributed by atoms with van der Waals surface area (Å²) >= 11 is 0. The van der Waals surface area contributed by atoms with Gasteiger partial charge in [0.05, 0.1) is 0 Å². The molecule has 1 aromatic carbocycles. The predicted molar refractivity (Wildman–Crippen MR) is 116 cm³/mol. The lowest BCUT2D eigenvalue weighted by molar-refractivity contribution is -0.274. The summed E-state index contributed by atoms with van der Waals surface area (Å²) in [6, 6.07) is 6.19. The fourth-order valence-corrected chi connectivity index (χ4v) is 3.17. The third-order valence-electron chi connectivity index (χ3n) is 4.62. The lowest BCUT2D eigenvalue weighted by Gasteiger charge is -2.33. The number of alkyl halides is 3. The van der Waals surface area contributed by atoms with E-state index in [0.29, 0.717) is 24.5 Å². The Kier molecular flexibility index (Phi) is 10.5. The van der Waals surface area contributed by atoms with Gasteiger partial charge in [0.2, 0.25) is 5.91 Å². The molecule has 164 valence electrons. The van der Waals surface area contributed by atoms with Crippen LogP contribution in [0.3, 0.4) is 0 Å². The molecule has 0 aliphatic carbocycles. The molecule has 1 unspecified atom stereocenters. The van der Waals surface area contributed by atoms with Crippen LogP contribution in [-0.2, 0) is 11.3 Å². The van der Waals surface area contributed by atoms with E-state index in [1.54, 1.807) is 19.2 Å². The minimum Gasteiger partial charge on any atom is -0.405 e. The Morgan fingerprint density at radius 3 is 2.66 bits per heavy atom. The zero-order valence-electron chi connectivity index (χ0n) is 16.6. The number of nitrogens with one attached hydrogen (secondary N) is 2. The molecule has 0 aromatic heterocycles. The molecule has 1 aliphatic heterocycles. The van der Waals surface area contributed by atoms with Crippen molar-refractivity contribution < 1.29 is 22.7 Å². The van der Waals surface area contributed by atoms with E-state index >= 15 is 0 Å². The Morgan fingerprint density at radius 1 is 1.28 bits per heavy atom. The maximum atomic E-state index is 12.5. The number of hydrogen-bond donors (Lipinski definition) is 2. The van der Waals surface area contributed by atoms with Crippen LogP contribution in [0.2, 0.25) is 0 Å². The molecule has 0 saturated carbocycles. The highest BCUT2D eigenvalue weighted by molar-refractivity contribution is 14.0. The topological polar surface area (TPSA) is 66.0 Å². The molecule has 0 spiro atoms. The molecular weight excluding hydrogens is 500 g/mol. The number of nitrogens with zero attached hydrogens (tertiary/aromatic N) is 2. The Labute approximate surface area is 186 Å². The van der Waals surface area contributed by atoms with Crippen LogP contribution in [-0.4, -0.2) is 49.3 Å². The van der Waals surface area contributed by atoms with Crippen LogP contribution in [0, 0.1) is 0 Å². The van der Waals surface area contributed by atoms with Gasteiger partial charge in [-0.25, -0.2) is 0 Å². The minimum absolute atomic E-state index is 0. The fourth-order valence-electron chi connectivity index (χ4n) is 3.17. The number of guanidine groups is 1. The van der Waals surface area contributed by atoms with Crippen LogP contribution in [0.25, 0.3) is 0 Å². The first-order chi connectivity index (χ1) is 13.3. The predicted octanol–water partition coefficient (Wildman–Crippen LogP) is 3.66. The van der Waals surface area contributed by atoms with Gasteiger partial charge in [0, 0.05) is 44.7 Å². The van der Waals surface area contributed by atoms with Crippen molar-refractivity contribution in [2.75, 3.05) is 20.1 Å². The van der Waals surface area contributed by atoms with Crippen molar-refractivity contribution in [2.45, 2.75) is 51.6 Å². The number of amides is 1. The van der Waals surface area contributed by atoms with Crippen molar-refractivity contribution in [3.05, 3.63) is 29.8 Å². The van der Waals surface area contributed by atoms with Gasteiger partial charge in [-0.05, 0) is 32.3 Å². The first-order valence-electron chi connectivity index (χ1n) is 9.38. The van der Waals surface area contributed by atoms with Gasteiger partial charge >= 0.3 is 6.36 Å². The lowest BCUT2D eigenvalue weighted by atomic mass is 10.0.